The molecule has 0 bridgehead atoms. The first-order chi connectivity index (χ1) is 22.0. The maximum atomic E-state index is 14.6. The minimum absolute atomic E-state index is 0.0424. The van der Waals surface area contributed by atoms with Gasteiger partial charge in [-0.15, -0.1) is 0 Å². The number of benzene rings is 4. The zero-order chi connectivity index (χ0) is 33.3. The number of hydrogen-bond acceptors (Lipinski definition) is 4. The van der Waals surface area contributed by atoms with E-state index in [0.29, 0.717) is 27.8 Å². The van der Waals surface area contributed by atoms with Crippen LogP contribution < -0.4 is 9.62 Å². The van der Waals surface area contributed by atoms with Crippen LogP contribution in [0.3, 0.4) is 0 Å². The van der Waals surface area contributed by atoms with E-state index >= 15 is 0 Å². The summed E-state index contributed by atoms with van der Waals surface area (Å²) in [7, 11) is -4.19. The fraction of sp³-hybridized carbons (Fsp3) is 0.278. The third-order valence-corrected chi connectivity index (χ3v) is 10.1. The number of nitrogens with one attached hydrogen (secondary N) is 1. The van der Waals surface area contributed by atoms with Crippen LogP contribution in [0.15, 0.2) is 102 Å². The minimum atomic E-state index is -4.19. The first-order valence-corrected chi connectivity index (χ1v) is 17.4. The van der Waals surface area contributed by atoms with Crippen molar-refractivity contribution in [2.75, 3.05) is 17.4 Å². The zero-order valence-corrected chi connectivity index (χ0v) is 28.6. The highest BCUT2D eigenvalue weighted by Gasteiger charge is 2.35. The normalized spacial score (nSPS) is 11.9. The predicted octanol–water partition coefficient (Wildman–Crippen LogP) is 7.36. The summed E-state index contributed by atoms with van der Waals surface area (Å²) in [6, 6.07) is 26.8. The number of sulfonamides is 1. The molecule has 0 fully saturated rings. The number of amides is 2. The molecule has 0 radical (unpaired) electrons. The lowest BCUT2D eigenvalue weighted by molar-refractivity contribution is -0.140. The standard InChI is InChI=1S/C36H39Cl2N3O4S/c1-4-5-19-39-36(43)34(23-28-13-8-6-9-14-28)40(24-31-32(37)17-12-18-33(31)38)35(42)25-41(29-21-26(2)20-27(3)22-29)46(44,45)30-15-10-7-11-16-30/h6-18,20-22,34H,4-5,19,23-25H2,1-3H3,(H,39,43)/t34-/m1/s1. The van der Waals surface area contributed by atoms with E-state index in [1.807, 2.05) is 57.2 Å². The Labute approximate surface area is 282 Å². The van der Waals surface area contributed by atoms with Crippen molar-refractivity contribution >= 4 is 50.7 Å². The molecule has 0 aromatic heterocycles. The highest BCUT2D eigenvalue weighted by Crippen LogP contribution is 2.29. The third kappa shape index (κ3) is 8.90. The van der Waals surface area contributed by atoms with Crippen molar-refractivity contribution in [2.24, 2.45) is 0 Å². The molecule has 7 nitrogen and oxygen atoms in total. The van der Waals surface area contributed by atoms with Crippen molar-refractivity contribution in [1.82, 2.24) is 10.2 Å². The van der Waals surface area contributed by atoms with Crippen molar-refractivity contribution in [3.05, 3.63) is 129 Å². The fourth-order valence-electron chi connectivity index (χ4n) is 5.26. The number of carbonyl (C=O) groups excluding carboxylic acids is 2. The van der Waals surface area contributed by atoms with E-state index in [4.69, 9.17) is 23.2 Å². The van der Waals surface area contributed by atoms with Crippen molar-refractivity contribution in [2.45, 2.75) is 57.5 Å². The molecule has 4 rings (SSSR count). The number of aryl methyl sites for hydroxylation is 2. The summed E-state index contributed by atoms with van der Waals surface area (Å²) in [5, 5.41) is 3.64. The molecule has 0 aliphatic heterocycles. The molecule has 1 atom stereocenters. The summed E-state index contributed by atoms with van der Waals surface area (Å²) in [6.07, 6.45) is 1.84. The molecule has 4 aromatic rings. The van der Waals surface area contributed by atoms with Crippen LogP contribution in [0.2, 0.25) is 10.0 Å². The summed E-state index contributed by atoms with van der Waals surface area (Å²) in [4.78, 5) is 30.0. The average molecular weight is 681 g/mol. The van der Waals surface area contributed by atoms with Crippen LogP contribution in [-0.4, -0.2) is 44.3 Å². The lowest BCUT2D eigenvalue weighted by Gasteiger charge is -2.34. The molecule has 0 saturated heterocycles. The maximum absolute atomic E-state index is 14.6. The molecule has 0 aliphatic carbocycles. The minimum Gasteiger partial charge on any atom is -0.354 e. The smallest absolute Gasteiger partial charge is 0.264 e. The number of hydrogen-bond donors (Lipinski definition) is 1. The van der Waals surface area contributed by atoms with E-state index in [1.165, 1.54) is 17.0 Å². The van der Waals surface area contributed by atoms with E-state index < -0.39 is 28.5 Å². The molecular formula is C36H39Cl2N3O4S. The molecule has 46 heavy (non-hydrogen) atoms. The van der Waals surface area contributed by atoms with Gasteiger partial charge in [-0.3, -0.25) is 13.9 Å². The molecule has 242 valence electrons. The van der Waals surface area contributed by atoms with E-state index in [2.05, 4.69) is 5.32 Å². The predicted molar refractivity (Wildman–Crippen MR) is 186 cm³/mol. The molecule has 0 unspecified atom stereocenters. The first-order valence-electron chi connectivity index (χ1n) is 15.2. The van der Waals surface area contributed by atoms with Gasteiger partial charge in [0.05, 0.1) is 10.6 Å². The van der Waals surface area contributed by atoms with Gasteiger partial charge in [-0.1, -0.05) is 97.2 Å². The maximum Gasteiger partial charge on any atom is 0.264 e. The Bertz CT molecular complexity index is 1710. The Hall–Kier alpha value is -3.85. The Morgan fingerprint density at radius 3 is 2.00 bits per heavy atom. The van der Waals surface area contributed by atoms with Gasteiger partial charge in [0.15, 0.2) is 0 Å². The van der Waals surface area contributed by atoms with Crippen LogP contribution >= 0.6 is 23.2 Å². The molecule has 0 saturated carbocycles. The van der Waals surface area contributed by atoms with Gasteiger partial charge in [-0.25, -0.2) is 8.42 Å². The Balaban J connectivity index is 1.84. The second kappa shape index (κ2) is 16.1. The van der Waals surface area contributed by atoms with Gasteiger partial charge < -0.3 is 10.2 Å². The topological polar surface area (TPSA) is 86.8 Å². The molecule has 4 aromatic carbocycles. The quantitative estimate of drug-likeness (QED) is 0.141. The molecule has 0 spiro atoms. The van der Waals surface area contributed by atoms with Crippen LogP contribution in [0.25, 0.3) is 0 Å². The number of halogens is 2. The Morgan fingerprint density at radius 1 is 0.826 bits per heavy atom. The lowest BCUT2D eigenvalue weighted by Crippen LogP contribution is -2.53. The summed E-state index contributed by atoms with van der Waals surface area (Å²) in [5.74, 6) is -0.932. The Morgan fingerprint density at radius 2 is 1.41 bits per heavy atom. The monoisotopic (exact) mass is 679 g/mol. The summed E-state index contributed by atoms with van der Waals surface area (Å²) >= 11 is 13.2. The highest BCUT2D eigenvalue weighted by molar-refractivity contribution is 7.92. The van der Waals surface area contributed by atoms with Crippen LogP contribution in [-0.2, 0) is 32.6 Å². The van der Waals surface area contributed by atoms with Gasteiger partial charge in [0.25, 0.3) is 10.0 Å². The molecule has 2 amide bonds. The van der Waals surface area contributed by atoms with Crippen LogP contribution in [0.1, 0.15) is 42.0 Å². The second-order valence-corrected chi connectivity index (χ2v) is 13.9. The van der Waals surface area contributed by atoms with Gasteiger partial charge in [0.2, 0.25) is 11.8 Å². The number of anilines is 1. The fourth-order valence-corrected chi connectivity index (χ4v) is 7.19. The molecule has 10 heteroatoms. The first kappa shape index (κ1) is 35.0. The third-order valence-electron chi connectivity index (χ3n) is 7.60. The largest absolute Gasteiger partial charge is 0.354 e. The number of rotatable bonds is 14. The van der Waals surface area contributed by atoms with Crippen molar-refractivity contribution < 1.29 is 18.0 Å². The van der Waals surface area contributed by atoms with Gasteiger partial charge in [0.1, 0.15) is 12.6 Å². The van der Waals surface area contributed by atoms with Crippen LogP contribution in [0.4, 0.5) is 5.69 Å². The van der Waals surface area contributed by atoms with E-state index in [1.54, 1.807) is 48.5 Å². The SMILES string of the molecule is CCCCNC(=O)[C@@H](Cc1ccccc1)N(Cc1c(Cl)cccc1Cl)C(=O)CN(c1cc(C)cc(C)c1)S(=O)(=O)c1ccccc1. The number of nitrogens with zero attached hydrogens (tertiary/aromatic N) is 2. The van der Waals surface area contributed by atoms with Crippen LogP contribution in [0, 0.1) is 13.8 Å². The second-order valence-electron chi connectivity index (χ2n) is 11.2. The number of carbonyl (C=O) groups is 2. The van der Waals surface area contributed by atoms with Crippen molar-refractivity contribution in [3.8, 4) is 0 Å². The van der Waals surface area contributed by atoms with E-state index in [0.717, 1.165) is 33.8 Å². The van der Waals surface area contributed by atoms with Gasteiger partial charge in [0, 0.05) is 35.1 Å². The van der Waals surface area contributed by atoms with E-state index in [9.17, 15) is 18.0 Å². The molecule has 0 aliphatic rings. The Kier molecular flexibility index (Phi) is 12.3. The van der Waals surface area contributed by atoms with Crippen molar-refractivity contribution in [1.29, 1.82) is 0 Å². The van der Waals surface area contributed by atoms with Gasteiger partial charge in [-0.05, 0) is 73.4 Å². The zero-order valence-electron chi connectivity index (χ0n) is 26.2. The van der Waals surface area contributed by atoms with E-state index in [-0.39, 0.29) is 23.8 Å². The molecule has 0 heterocycles. The number of unbranched alkanes of at least 4 members (excludes halogenated alkanes) is 1. The summed E-state index contributed by atoms with van der Waals surface area (Å²) in [5.41, 5.74) is 3.32. The highest BCUT2D eigenvalue weighted by atomic mass is 35.5. The van der Waals surface area contributed by atoms with Crippen molar-refractivity contribution in [3.63, 3.8) is 0 Å². The van der Waals surface area contributed by atoms with Crippen LogP contribution in [0.5, 0.6) is 0 Å². The van der Waals surface area contributed by atoms with Gasteiger partial charge in [-0.2, -0.15) is 0 Å². The lowest BCUT2D eigenvalue weighted by atomic mass is 10.0. The average Bonchev–Trinajstić information content (AvgIpc) is 3.03. The summed E-state index contributed by atoms with van der Waals surface area (Å²) < 4.78 is 29.5. The summed E-state index contributed by atoms with van der Waals surface area (Å²) in [6.45, 7) is 5.53. The molecular weight excluding hydrogens is 641 g/mol. The van der Waals surface area contributed by atoms with Gasteiger partial charge >= 0.3 is 0 Å². The molecule has 1 N–H and O–H groups in total.